The molecule has 32 heavy (non-hydrogen) atoms. The van der Waals surface area contributed by atoms with E-state index in [0.29, 0.717) is 14.3 Å². The average molecular weight is 532 g/mol. The molecule has 2 rings (SSSR count). The van der Waals surface area contributed by atoms with Crippen molar-refractivity contribution in [2.24, 2.45) is 0 Å². The molecule has 2 aromatic carbocycles. The molecule has 0 amide bonds. The van der Waals surface area contributed by atoms with Crippen molar-refractivity contribution in [1.29, 1.82) is 0 Å². The van der Waals surface area contributed by atoms with Gasteiger partial charge in [-0.15, -0.1) is 0 Å². The van der Waals surface area contributed by atoms with Crippen molar-refractivity contribution in [2.45, 2.75) is 79.7 Å². The van der Waals surface area contributed by atoms with Crippen LogP contribution in [-0.2, 0) is 34.4 Å². The minimum absolute atomic E-state index is 0.0444. The number of phenolic OH excluding ortho intramolecular Hbond substituents is 1. The molecular formula is C26H40Cl2NOPTi. The number of aromatic hydroxyl groups is 1. The first-order valence-electron chi connectivity index (χ1n) is 11.2. The minimum atomic E-state index is -0.556. The second-order valence-corrected chi connectivity index (χ2v) is 14.1. The summed E-state index contributed by atoms with van der Waals surface area (Å²) in [5.74, 6) is 0.473. The fraction of sp³-hybridized carbons (Fsp3) is 0.538. The van der Waals surface area contributed by atoms with Gasteiger partial charge >= 0.3 is 35.6 Å². The van der Waals surface area contributed by atoms with Gasteiger partial charge in [-0.1, -0.05) is 88.2 Å². The van der Waals surface area contributed by atoms with Crippen molar-refractivity contribution >= 4 is 37.8 Å². The topological polar surface area (TPSA) is 23.5 Å². The van der Waals surface area contributed by atoms with Crippen LogP contribution in [0.25, 0.3) is 0 Å². The molecule has 0 heterocycles. The molecule has 178 valence electrons. The van der Waals surface area contributed by atoms with Gasteiger partial charge < -0.3 is 5.11 Å². The standard InChI is InChI=1S/C26H40NOP.2ClH.Ti/c1-10-27(11-2)17-19-14-12-13-18(3)24(19)29-22-16-20(25(4,5)6)15-21(23(22)28)26(7,8)9;;;/h12-16,28-29H,10-11,17H2,1-9H3;2*1H;/q;;;+2/p-2. The zero-order valence-electron chi connectivity index (χ0n) is 21.2. The van der Waals surface area contributed by atoms with Crippen LogP contribution in [0.4, 0.5) is 0 Å². The summed E-state index contributed by atoms with van der Waals surface area (Å²) in [6, 6.07) is 11.1. The van der Waals surface area contributed by atoms with E-state index < -0.39 is 17.0 Å². The average Bonchev–Trinajstić information content (AvgIpc) is 2.68. The monoisotopic (exact) mass is 531 g/mol. The van der Waals surface area contributed by atoms with E-state index in [-0.39, 0.29) is 10.8 Å². The van der Waals surface area contributed by atoms with Gasteiger partial charge in [0.15, 0.2) is 0 Å². The number of aryl methyl sites for hydroxylation is 1. The third-order valence-electron chi connectivity index (χ3n) is 5.69. The molecule has 0 aliphatic heterocycles. The van der Waals surface area contributed by atoms with Crippen LogP contribution in [0.3, 0.4) is 0 Å². The summed E-state index contributed by atoms with van der Waals surface area (Å²) in [5.41, 5.74) is 4.98. The molecule has 0 saturated heterocycles. The van der Waals surface area contributed by atoms with Crippen LogP contribution in [0, 0.1) is 6.92 Å². The molecule has 6 heteroatoms. The molecule has 1 unspecified atom stereocenters. The van der Waals surface area contributed by atoms with Gasteiger partial charge in [0.05, 0.1) is 0 Å². The first-order valence-corrected chi connectivity index (χ1v) is 16.5. The van der Waals surface area contributed by atoms with Gasteiger partial charge in [0.25, 0.3) is 0 Å². The zero-order chi connectivity index (χ0) is 24.7. The SMILES string of the molecule is CCN(CC)Cc1cccc(C)c1Pc1cc(C(C)(C)C)cc(C(C)(C)C)c1O.[Cl][Ti][Cl]. The van der Waals surface area contributed by atoms with Crippen molar-refractivity contribution < 1.29 is 22.1 Å². The molecule has 0 aliphatic carbocycles. The van der Waals surface area contributed by atoms with Crippen molar-refractivity contribution in [2.75, 3.05) is 13.1 Å². The molecule has 0 saturated carbocycles. The second-order valence-electron chi connectivity index (χ2n) is 10.2. The third kappa shape index (κ3) is 8.61. The van der Waals surface area contributed by atoms with Gasteiger partial charge in [0.1, 0.15) is 5.75 Å². The molecule has 0 aromatic heterocycles. The van der Waals surface area contributed by atoms with E-state index in [1.54, 1.807) is 0 Å². The summed E-state index contributed by atoms with van der Waals surface area (Å²) in [6.45, 7) is 23.0. The molecule has 1 atom stereocenters. The molecule has 0 aliphatic rings. The van der Waals surface area contributed by atoms with E-state index in [9.17, 15) is 5.11 Å². The van der Waals surface area contributed by atoms with Crippen LogP contribution >= 0.6 is 27.2 Å². The van der Waals surface area contributed by atoms with Crippen molar-refractivity contribution in [3.05, 3.63) is 52.6 Å². The van der Waals surface area contributed by atoms with Crippen LogP contribution in [0.1, 0.15) is 77.6 Å². The first-order chi connectivity index (χ1) is 14.8. The normalized spacial score (nSPS) is 12.2. The van der Waals surface area contributed by atoms with Crippen LogP contribution in [0.5, 0.6) is 5.75 Å². The molecule has 1 N–H and O–H groups in total. The Balaban J connectivity index is 0.00000161. The fourth-order valence-electron chi connectivity index (χ4n) is 3.60. The Morgan fingerprint density at radius 2 is 1.53 bits per heavy atom. The number of halogens is 2. The van der Waals surface area contributed by atoms with Crippen LogP contribution in [0.15, 0.2) is 30.3 Å². The Labute approximate surface area is 214 Å². The molecule has 0 spiro atoms. The number of benzene rings is 2. The molecule has 2 aromatic rings. The molecule has 0 bridgehead atoms. The Morgan fingerprint density at radius 1 is 0.969 bits per heavy atom. The van der Waals surface area contributed by atoms with Gasteiger partial charge in [-0.05, 0) is 58.9 Å². The van der Waals surface area contributed by atoms with Crippen molar-refractivity contribution in [3.8, 4) is 5.75 Å². The number of hydrogen-bond acceptors (Lipinski definition) is 2. The Kier molecular flexibility index (Phi) is 12.3. The van der Waals surface area contributed by atoms with Gasteiger partial charge in [-0.3, -0.25) is 4.90 Å². The number of nitrogens with zero attached hydrogens (tertiary/aromatic N) is 1. The summed E-state index contributed by atoms with van der Waals surface area (Å²) in [5, 5.41) is 13.7. The van der Waals surface area contributed by atoms with Gasteiger partial charge in [0.2, 0.25) is 0 Å². The summed E-state index contributed by atoms with van der Waals surface area (Å²) in [6.07, 6.45) is 0. The number of rotatable bonds is 6. The van der Waals surface area contributed by atoms with Crippen LogP contribution < -0.4 is 10.6 Å². The predicted octanol–water partition coefficient (Wildman–Crippen LogP) is 7.14. The van der Waals surface area contributed by atoms with E-state index in [2.05, 4.69) is 97.5 Å². The summed E-state index contributed by atoms with van der Waals surface area (Å²) >= 11 is -0.556. The Morgan fingerprint density at radius 3 is 2.00 bits per heavy atom. The maximum atomic E-state index is 11.2. The van der Waals surface area contributed by atoms with Gasteiger partial charge in [0, 0.05) is 17.4 Å². The molecule has 2 nitrogen and oxygen atoms in total. The second kappa shape index (κ2) is 13.1. The van der Waals surface area contributed by atoms with Crippen LogP contribution in [-0.4, -0.2) is 23.1 Å². The van der Waals surface area contributed by atoms with Crippen molar-refractivity contribution in [1.82, 2.24) is 4.90 Å². The Bertz CT molecular complexity index is 871. The third-order valence-corrected chi connectivity index (χ3v) is 7.31. The Hall–Kier alpha value is -0.0757. The van der Waals surface area contributed by atoms with E-state index in [4.69, 9.17) is 18.6 Å². The van der Waals surface area contributed by atoms with Crippen LogP contribution in [0.2, 0.25) is 0 Å². The van der Waals surface area contributed by atoms with E-state index in [1.165, 1.54) is 22.0 Å². The molecular weight excluding hydrogens is 492 g/mol. The zero-order valence-corrected chi connectivity index (χ0v) is 25.2. The van der Waals surface area contributed by atoms with E-state index in [1.807, 2.05) is 0 Å². The van der Waals surface area contributed by atoms with Gasteiger partial charge in [-0.25, -0.2) is 0 Å². The van der Waals surface area contributed by atoms with Gasteiger partial charge in [-0.2, -0.15) is 0 Å². The molecule has 0 fully saturated rings. The maximum absolute atomic E-state index is 11.2. The summed E-state index contributed by atoms with van der Waals surface area (Å²) in [4.78, 5) is 2.45. The first kappa shape index (κ1) is 30.0. The predicted molar refractivity (Wildman–Crippen MR) is 143 cm³/mol. The van der Waals surface area contributed by atoms with E-state index >= 15 is 0 Å². The van der Waals surface area contributed by atoms with Crippen molar-refractivity contribution in [3.63, 3.8) is 0 Å². The number of hydrogen-bond donors (Lipinski definition) is 1. The molecule has 0 radical (unpaired) electrons. The number of phenols is 1. The quantitative estimate of drug-likeness (QED) is 0.316. The summed E-state index contributed by atoms with van der Waals surface area (Å²) < 4.78 is 0. The fourth-order valence-corrected chi connectivity index (χ4v) is 4.95. The summed E-state index contributed by atoms with van der Waals surface area (Å²) in [7, 11) is 10.2. The van der Waals surface area contributed by atoms with E-state index in [0.717, 1.165) is 30.5 Å².